The molecule has 0 radical (unpaired) electrons. The quantitative estimate of drug-likeness (QED) is 0.447. The Balaban J connectivity index is 1.82. The van der Waals surface area contributed by atoms with Gasteiger partial charge >= 0.3 is 0 Å². The summed E-state index contributed by atoms with van der Waals surface area (Å²) < 4.78 is 5.27. The number of quaternary nitrogens is 1. The number of Topliss-reactive ketones (excluding diaryl/α,β-unsaturated/α-hetero) is 1. The molecule has 2 bridgehead atoms. The molecule has 0 aromatic heterocycles. The molecule has 6 heteroatoms. The maximum atomic E-state index is 13.5. The number of piperidine rings is 1. The van der Waals surface area contributed by atoms with Crippen LogP contribution in [-0.4, -0.2) is 51.5 Å². The second-order valence-electron chi connectivity index (χ2n) is 7.82. The van der Waals surface area contributed by atoms with Gasteiger partial charge in [0, 0.05) is 24.8 Å². The van der Waals surface area contributed by atoms with E-state index in [4.69, 9.17) is 11.2 Å². The number of hydroxylamine groups is 3. The normalized spacial score (nSPS) is 43.2. The van der Waals surface area contributed by atoms with E-state index in [-0.39, 0.29) is 37.5 Å². The highest BCUT2D eigenvalue weighted by molar-refractivity contribution is 5.90. The van der Waals surface area contributed by atoms with Gasteiger partial charge < -0.3 is 24.8 Å². The number of aromatic hydroxyl groups is 1. The molecule has 5 atom stereocenters. The SMILES string of the molecule is C#CC[N@@+]1([O-])CC[C@]23c4c5ccc(O)c4O[C@H]2C(=O)CCC3(O)[C@H]1C5. The van der Waals surface area contributed by atoms with Crippen LogP contribution in [-0.2, 0) is 16.6 Å². The lowest BCUT2D eigenvalue weighted by Gasteiger charge is -2.66. The van der Waals surface area contributed by atoms with Crippen LogP contribution in [0.25, 0.3) is 0 Å². The van der Waals surface area contributed by atoms with Crippen molar-refractivity contribution in [1.29, 1.82) is 0 Å². The van der Waals surface area contributed by atoms with Gasteiger partial charge in [-0.2, -0.15) is 0 Å². The summed E-state index contributed by atoms with van der Waals surface area (Å²) in [6, 6.07) is 2.69. The van der Waals surface area contributed by atoms with Crippen molar-refractivity contribution in [2.24, 2.45) is 0 Å². The number of carbonyl (C=O) groups excluding carboxylic acids is 1. The Hall–Kier alpha value is -2.07. The summed E-state index contributed by atoms with van der Waals surface area (Å²) in [5.74, 6) is 2.68. The number of benzene rings is 1. The number of carbonyl (C=O) groups is 1. The van der Waals surface area contributed by atoms with Crippen molar-refractivity contribution in [3.05, 3.63) is 28.5 Å². The minimum absolute atomic E-state index is 0.00278. The highest BCUT2D eigenvalue weighted by Crippen LogP contribution is 2.65. The third-order valence-electron chi connectivity index (χ3n) is 6.95. The van der Waals surface area contributed by atoms with E-state index in [1.54, 1.807) is 6.07 Å². The maximum Gasteiger partial charge on any atom is 0.174 e. The monoisotopic (exact) mass is 341 g/mol. The van der Waals surface area contributed by atoms with Crippen molar-refractivity contribution in [3.8, 4) is 23.8 Å². The molecule has 1 unspecified atom stereocenters. The third-order valence-corrected chi connectivity index (χ3v) is 6.95. The van der Waals surface area contributed by atoms with Crippen LogP contribution in [0, 0.1) is 17.6 Å². The first-order valence-corrected chi connectivity index (χ1v) is 8.66. The van der Waals surface area contributed by atoms with Gasteiger partial charge in [-0.25, -0.2) is 0 Å². The maximum absolute atomic E-state index is 13.5. The fraction of sp³-hybridized carbons (Fsp3) is 0.526. The number of rotatable bonds is 1. The van der Waals surface area contributed by atoms with Crippen LogP contribution >= 0.6 is 0 Å². The van der Waals surface area contributed by atoms with Crippen molar-refractivity contribution in [2.45, 2.75) is 48.8 Å². The van der Waals surface area contributed by atoms with Crippen molar-refractivity contribution in [3.63, 3.8) is 0 Å². The fourth-order valence-electron chi connectivity index (χ4n) is 5.93. The van der Waals surface area contributed by atoms with Gasteiger partial charge in [-0.05, 0) is 24.0 Å². The summed E-state index contributed by atoms with van der Waals surface area (Å²) in [5.41, 5.74) is -0.699. The third kappa shape index (κ3) is 1.47. The number of phenolic OH excluding ortho intramolecular Hbond substituents is 1. The first-order chi connectivity index (χ1) is 11.9. The highest BCUT2D eigenvalue weighted by Gasteiger charge is 2.75. The van der Waals surface area contributed by atoms with Crippen molar-refractivity contribution in [1.82, 2.24) is 0 Å². The Labute approximate surface area is 145 Å². The van der Waals surface area contributed by atoms with Crippen LogP contribution < -0.4 is 4.74 Å². The summed E-state index contributed by atoms with van der Waals surface area (Å²) in [7, 11) is 0. The number of nitrogens with zero attached hydrogens (tertiary/aromatic N) is 1. The van der Waals surface area contributed by atoms with Gasteiger partial charge in [0.1, 0.15) is 18.2 Å². The number of hydrogen-bond donors (Lipinski definition) is 2. The van der Waals surface area contributed by atoms with Crippen molar-refractivity contribution >= 4 is 5.78 Å². The minimum Gasteiger partial charge on any atom is -0.632 e. The van der Waals surface area contributed by atoms with Gasteiger partial charge in [0.25, 0.3) is 0 Å². The van der Waals surface area contributed by atoms with E-state index in [9.17, 15) is 20.2 Å². The largest absolute Gasteiger partial charge is 0.632 e. The van der Waals surface area contributed by atoms with Crippen LogP contribution in [0.15, 0.2) is 12.1 Å². The van der Waals surface area contributed by atoms with Crippen LogP contribution in [0.1, 0.15) is 30.4 Å². The van der Waals surface area contributed by atoms with E-state index in [0.29, 0.717) is 18.6 Å². The van der Waals surface area contributed by atoms with E-state index < -0.39 is 27.8 Å². The van der Waals surface area contributed by atoms with Gasteiger partial charge in [-0.15, -0.1) is 6.42 Å². The van der Waals surface area contributed by atoms with Gasteiger partial charge in [0.05, 0.1) is 12.0 Å². The van der Waals surface area contributed by atoms with Crippen molar-refractivity contribution in [2.75, 3.05) is 13.1 Å². The summed E-state index contributed by atoms with van der Waals surface area (Å²) >= 11 is 0. The van der Waals surface area contributed by atoms with E-state index in [0.717, 1.165) is 11.1 Å². The van der Waals surface area contributed by atoms with Crippen LogP contribution in [0.5, 0.6) is 11.5 Å². The van der Waals surface area contributed by atoms with E-state index in [2.05, 4.69) is 5.92 Å². The highest BCUT2D eigenvalue weighted by atomic mass is 16.6. The summed E-state index contributed by atoms with van der Waals surface area (Å²) in [6.07, 6.45) is 5.70. The lowest BCUT2D eigenvalue weighted by molar-refractivity contribution is -0.915. The molecular formula is C19H19NO5. The first kappa shape index (κ1) is 15.2. The molecule has 2 aliphatic heterocycles. The van der Waals surface area contributed by atoms with E-state index in [1.807, 2.05) is 0 Å². The fourth-order valence-corrected chi connectivity index (χ4v) is 5.93. The van der Waals surface area contributed by atoms with Gasteiger partial charge in [0.2, 0.25) is 0 Å². The molecule has 130 valence electrons. The van der Waals surface area contributed by atoms with Gasteiger partial charge in [-0.3, -0.25) is 4.79 Å². The molecule has 4 aliphatic rings. The molecule has 2 fully saturated rings. The Morgan fingerprint density at radius 2 is 2.24 bits per heavy atom. The second kappa shape index (κ2) is 4.36. The summed E-state index contributed by atoms with van der Waals surface area (Å²) in [5, 5.41) is 35.5. The predicted octanol–water partition coefficient (Wildman–Crippen LogP) is 0.761. The van der Waals surface area contributed by atoms with Gasteiger partial charge in [0.15, 0.2) is 23.4 Å². The topological polar surface area (TPSA) is 89.8 Å². The number of likely N-dealkylation sites (tertiary alicyclic amines) is 1. The van der Waals surface area contributed by atoms with Crippen molar-refractivity contribution < 1.29 is 24.4 Å². The molecule has 1 spiro atoms. The molecule has 1 saturated carbocycles. The number of aliphatic hydroxyl groups is 1. The Bertz CT molecular complexity index is 860. The van der Waals surface area contributed by atoms with Crippen LogP contribution in [0.4, 0.5) is 0 Å². The van der Waals surface area contributed by atoms with E-state index in [1.165, 1.54) is 6.07 Å². The molecule has 2 N–H and O–H groups in total. The molecule has 1 aromatic carbocycles. The molecule has 1 aromatic rings. The minimum atomic E-state index is -1.35. The number of terminal acetylenes is 1. The molecule has 25 heavy (non-hydrogen) atoms. The molecule has 2 aliphatic carbocycles. The lowest BCUT2D eigenvalue weighted by atomic mass is 9.49. The number of phenols is 1. The zero-order valence-corrected chi connectivity index (χ0v) is 13.7. The molecule has 2 heterocycles. The molecule has 5 rings (SSSR count). The summed E-state index contributed by atoms with van der Waals surface area (Å²) in [6.45, 7) is 0.238. The average molecular weight is 341 g/mol. The summed E-state index contributed by atoms with van der Waals surface area (Å²) in [4.78, 5) is 12.6. The lowest BCUT2D eigenvalue weighted by Crippen LogP contribution is -2.80. The molecule has 0 amide bonds. The first-order valence-electron chi connectivity index (χ1n) is 8.66. The second-order valence-corrected chi connectivity index (χ2v) is 7.82. The molecular weight excluding hydrogens is 322 g/mol. The Morgan fingerprint density at radius 3 is 3.00 bits per heavy atom. The van der Waals surface area contributed by atoms with Gasteiger partial charge in [-0.1, -0.05) is 6.07 Å². The van der Waals surface area contributed by atoms with E-state index >= 15 is 0 Å². The predicted molar refractivity (Wildman–Crippen MR) is 87.7 cm³/mol. The molecule has 1 saturated heterocycles. The number of ketones is 1. The Kier molecular flexibility index (Phi) is 2.65. The standard InChI is InChI=1S/C19H19NO5/c1-2-8-20(24)9-7-18-15-11-3-4-12(21)16(15)25-17(18)13(22)5-6-19(18,23)14(20)10-11/h1,3-4,14,17,21,23H,5-10H2/t14-,17+,18+,19?,20-/m1/s1. The number of hydrogen-bond acceptors (Lipinski definition) is 5. The molecule has 6 nitrogen and oxygen atoms in total. The zero-order chi connectivity index (χ0) is 17.6. The number of ether oxygens (including phenoxy) is 1. The Morgan fingerprint density at radius 1 is 1.44 bits per heavy atom. The smallest absolute Gasteiger partial charge is 0.174 e. The van der Waals surface area contributed by atoms with Crippen LogP contribution in [0.2, 0.25) is 0 Å². The zero-order valence-electron chi connectivity index (χ0n) is 13.7. The van der Waals surface area contributed by atoms with Crippen LogP contribution in [0.3, 0.4) is 0 Å². The average Bonchev–Trinajstić information content (AvgIpc) is 2.93.